The molecule has 2 aromatic rings. The van der Waals surface area contributed by atoms with Crippen LogP contribution in [-0.4, -0.2) is 37.1 Å². The number of carbonyl (C=O) groups excluding carboxylic acids is 1. The number of esters is 1. The Bertz CT molecular complexity index is 1050. The van der Waals surface area contributed by atoms with E-state index in [0.29, 0.717) is 17.6 Å². The third-order valence-electron chi connectivity index (χ3n) is 6.84. The van der Waals surface area contributed by atoms with Gasteiger partial charge in [0, 0.05) is 24.7 Å². The highest BCUT2D eigenvalue weighted by molar-refractivity contribution is 6.30. The fourth-order valence-corrected chi connectivity index (χ4v) is 5.11. The summed E-state index contributed by atoms with van der Waals surface area (Å²) in [6.45, 7) is 10.0. The molecule has 0 saturated heterocycles. The van der Waals surface area contributed by atoms with Crippen molar-refractivity contribution in [2.24, 2.45) is 5.41 Å². The van der Waals surface area contributed by atoms with Crippen LogP contribution in [0.1, 0.15) is 67.9 Å². The summed E-state index contributed by atoms with van der Waals surface area (Å²) in [6, 6.07) is 16.2. The standard InChI is InChI=1S/C29H34ClNO2/c1-4-33-28(32)24-7-5-21(6-8-24)22-14-17-31(18-15-22)20-25-19-29(2,3)16-13-27(25)23-9-11-26(30)12-10-23/h5-12,14H,4,13,15-20H2,1-3H3. The van der Waals surface area contributed by atoms with Gasteiger partial charge in [0.1, 0.15) is 0 Å². The van der Waals surface area contributed by atoms with E-state index in [1.54, 1.807) is 5.57 Å². The molecular weight excluding hydrogens is 430 g/mol. The molecule has 0 bridgehead atoms. The number of rotatable bonds is 6. The quantitative estimate of drug-likeness (QED) is 0.422. The Labute approximate surface area is 203 Å². The van der Waals surface area contributed by atoms with Crippen molar-refractivity contribution < 1.29 is 9.53 Å². The van der Waals surface area contributed by atoms with E-state index < -0.39 is 0 Å². The van der Waals surface area contributed by atoms with E-state index in [9.17, 15) is 4.79 Å². The minimum atomic E-state index is -0.256. The second-order valence-corrected chi connectivity index (χ2v) is 10.4. The lowest BCUT2D eigenvalue weighted by molar-refractivity contribution is 0.0526. The van der Waals surface area contributed by atoms with E-state index in [2.05, 4.69) is 37.0 Å². The van der Waals surface area contributed by atoms with Gasteiger partial charge in [0.25, 0.3) is 0 Å². The van der Waals surface area contributed by atoms with Gasteiger partial charge in [-0.15, -0.1) is 0 Å². The smallest absolute Gasteiger partial charge is 0.338 e. The van der Waals surface area contributed by atoms with Gasteiger partial charge in [-0.3, -0.25) is 4.90 Å². The Morgan fingerprint density at radius 3 is 2.36 bits per heavy atom. The summed E-state index contributed by atoms with van der Waals surface area (Å²) in [7, 11) is 0. The molecule has 0 N–H and O–H groups in total. The first kappa shape index (κ1) is 23.8. The summed E-state index contributed by atoms with van der Waals surface area (Å²) in [5.41, 5.74) is 7.92. The van der Waals surface area contributed by atoms with Gasteiger partial charge >= 0.3 is 5.97 Å². The number of hydrogen-bond donors (Lipinski definition) is 0. The molecule has 4 heteroatoms. The van der Waals surface area contributed by atoms with Crippen LogP contribution in [0, 0.1) is 5.41 Å². The van der Waals surface area contributed by atoms with E-state index in [4.69, 9.17) is 16.3 Å². The van der Waals surface area contributed by atoms with Crippen LogP contribution in [0.2, 0.25) is 5.02 Å². The third kappa shape index (κ3) is 5.96. The second-order valence-electron chi connectivity index (χ2n) is 9.94. The zero-order valence-corrected chi connectivity index (χ0v) is 20.8. The molecule has 0 atom stereocenters. The maximum absolute atomic E-state index is 11.9. The van der Waals surface area contributed by atoms with Crippen molar-refractivity contribution in [2.75, 3.05) is 26.2 Å². The lowest BCUT2D eigenvalue weighted by Gasteiger charge is -2.36. The van der Waals surface area contributed by atoms with Crippen LogP contribution in [0.3, 0.4) is 0 Å². The molecule has 0 fully saturated rings. The van der Waals surface area contributed by atoms with E-state index in [1.807, 2.05) is 43.3 Å². The fraction of sp³-hybridized carbons (Fsp3) is 0.414. The predicted octanol–water partition coefficient (Wildman–Crippen LogP) is 7.27. The first-order valence-corrected chi connectivity index (χ1v) is 12.4. The molecule has 0 unspecified atom stereocenters. The number of hydrogen-bond acceptors (Lipinski definition) is 3. The van der Waals surface area contributed by atoms with Crippen molar-refractivity contribution >= 4 is 28.7 Å². The number of ether oxygens (including phenoxy) is 1. The lowest BCUT2D eigenvalue weighted by atomic mass is 9.72. The molecule has 33 heavy (non-hydrogen) atoms. The van der Waals surface area contributed by atoms with Gasteiger partial charge < -0.3 is 4.74 Å². The monoisotopic (exact) mass is 463 g/mol. The molecule has 1 aliphatic heterocycles. The number of halogens is 1. The Balaban J connectivity index is 1.47. The molecule has 2 aromatic carbocycles. The van der Waals surface area contributed by atoms with E-state index >= 15 is 0 Å². The van der Waals surface area contributed by atoms with Crippen LogP contribution in [0.25, 0.3) is 11.1 Å². The molecule has 1 aliphatic carbocycles. The van der Waals surface area contributed by atoms with Crippen molar-refractivity contribution in [3.8, 4) is 0 Å². The second kappa shape index (κ2) is 10.3. The van der Waals surface area contributed by atoms with Crippen molar-refractivity contribution in [3.05, 3.63) is 81.9 Å². The number of carbonyl (C=O) groups is 1. The number of benzene rings is 2. The molecule has 1 heterocycles. The summed E-state index contributed by atoms with van der Waals surface area (Å²) >= 11 is 6.14. The van der Waals surface area contributed by atoms with Crippen molar-refractivity contribution in [3.63, 3.8) is 0 Å². The first-order chi connectivity index (χ1) is 15.8. The lowest BCUT2D eigenvalue weighted by Crippen LogP contribution is -2.33. The first-order valence-electron chi connectivity index (χ1n) is 12.0. The summed E-state index contributed by atoms with van der Waals surface area (Å²) in [5.74, 6) is -0.256. The van der Waals surface area contributed by atoms with E-state index in [1.165, 1.54) is 28.7 Å². The SMILES string of the molecule is CCOC(=O)c1ccc(C2=CCN(CC3=C(c4ccc(Cl)cc4)CCC(C)(C)C3)CC2)cc1. The zero-order valence-electron chi connectivity index (χ0n) is 20.0. The van der Waals surface area contributed by atoms with Crippen molar-refractivity contribution in [1.82, 2.24) is 4.90 Å². The molecule has 0 aromatic heterocycles. The molecule has 2 aliphatic rings. The molecular formula is C29H34ClNO2. The average molecular weight is 464 g/mol. The highest BCUT2D eigenvalue weighted by atomic mass is 35.5. The minimum Gasteiger partial charge on any atom is -0.462 e. The Kier molecular flexibility index (Phi) is 7.41. The maximum atomic E-state index is 11.9. The Morgan fingerprint density at radius 2 is 1.73 bits per heavy atom. The van der Waals surface area contributed by atoms with Crippen molar-refractivity contribution in [2.45, 2.75) is 46.5 Å². The van der Waals surface area contributed by atoms with E-state index in [-0.39, 0.29) is 5.97 Å². The molecule has 0 radical (unpaired) electrons. The van der Waals surface area contributed by atoms with E-state index in [0.717, 1.165) is 43.9 Å². The molecule has 3 nitrogen and oxygen atoms in total. The molecule has 174 valence electrons. The van der Waals surface area contributed by atoms with Crippen LogP contribution in [0.15, 0.2) is 60.2 Å². The van der Waals surface area contributed by atoms with Gasteiger partial charge in [0.05, 0.1) is 12.2 Å². The average Bonchev–Trinajstić information content (AvgIpc) is 2.80. The van der Waals surface area contributed by atoms with Gasteiger partial charge in [-0.1, -0.05) is 61.4 Å². The van der Waals surface area contributed by atoms with Gasteiger partial charge in [-0.2, -0.15) is 0 Å². The molecule has 0 saturated carbocycles. The van der Waals surface area contributed by atoms with Crippen LogP contribution < -0.4 is 0 Å². The van der Waals surface area contributed by atoms with Crippen LogP contribution in [0.4, 0.5) is 0 Å². The maximum Gasteiger partial charge on any atom is 0.338 e. The van der Waals surface area contributed by atoms with Gasteiger partial charge in [0.2, 0.25) is 0 Å². The summed E-state index contributed by atoms with van der Waals surface area (Å²) in [6.07, 6.45) is 6.87. The number of nitrogens with zero attached hydrogens (tertiary/aromatic N) is 1. The third-order valence-corrected chi connectivity index (χ3v) is 7.09. The highest BCUT2D eigenvalue weighted by Crippen LogP contribution is 2.43. The van der Waals surface area contributed by atoms with Gasteiger partial charge in [-0.25, -0.2) is 4.79 Å². The summed E-state index contributed by atoms with van der Waals surface area (Å²) in [4.78, 5) is 14.5. The largest absolute Gasteiger partial charge is 0.462 e. The molecule has 0 spiro atoms. The van der Waals surface area contributed by atoms with Gasteiger partial charge in [0.15, 0.2) is 0 Å². The topological polar surface area (TPSA) is 29.5 Å². The molecule has 4 rings (SSSR count). The normalized spacial score (nSPS) is 18.7. The van der Waals surface area contributed by atoms with Crippen LogP contribution in [-0.2, 0) is 4.74 Å². The molecule has 0 amide bonds. The highest BCUT2D eigenvalue weighted by Gasteiger charge is 2.29. The van der Waals surface area contributed by atoms with Crippen molar-refractivity contribution in [1.29, 1.82) is 0 Å². The Hall–Kier alpha value is -2.36. The predicted molar refractivity (Wildman–Crippen MR) is 137 cm³/mol. The summed E-state index contributed by atoms with van der Waals surface area (Å²) < 4.78 is 5.09. The minimum absolute atomic E-state index is 0.256. The van der Waals surface area contributed by atoms with Crippen LogP contribution >= 0.6 is 11.6 Å². The van der Waals surface area contributed by atoms with Crippen LogP contribution in [0.5, 0.6) is 0 Å². The fourth-order valence-electron chi connectivity index (χ4n) is 4.99. The Morgan fingerprint density at radius 1 is 1.03 bits per heavy atom. The number of allylic oxidation sites excluding steroid dienone is 1. The van der Waals surface area contributed by atoms with Gasteiger partial charge in [-0.05, 0) is 84.6 Å². The summed E-state index contributed by atoms with van der Waals surface area (Å²) in [5, 5.41) is 0.793. The zero-order chi connectivity index (χ0) is 23.4.